The van der Waals surface area contributed by atoms with Crippen molar-refractivity contribution in [3.63, 3.8) is 0 Å². The minimum absolute atomic E-state index is 0.253. The first kappa shape index (κ1) is 22.1. The van der Waals surface area contributed by atoms with Crippen molar-refractivity contribution in [3.8, 4) is 0 Å². The molecule has 0 atom stereocenters. The summed E-state index contributed by atoms with van der Waals surface area (Å²) in [6.07, 6.45) is -4.34. The number of methoxy groups -OCH3 is 2. The van der Waals surface area contributed by atoms with Crippen molar-refractivity contribution < 1.29 is 22.6 Å². The maximum Gasteiger partial charge on any atom is 0.402 e. The third-order valence-corrected chi connectivity index (χ3v) is 3.27. The summed E-state index contributed by atoms with van der Waals surface area (Å²) in [4.78, 5) is 0. The molecule has 0 fully saturated rings. The summed E-state index contributed by atoms with van der Waals surface area (Å²) in [5, 5.41) is 0. The first-order chi connectivity index (χ1) is 11.3. The molecule has 0 spiro atoms. The number of ether oxygens (including phenoxy) is 2. The summed E-state index contributed by atoms with van der Waals surface area (Å²) < 4.78 is 48.9. The van der Waals surface area contributed by atoms with Gasteiger partial charge in [0.15, 0.2) is 0 Å². The molecule has 0 unspecified atom stereocenters. The zero-order chi connectivity index (χ0) is 18.6. The Balaban J connectivity index is 0.000000772. The number of halogens is 3. The van der Waals surface area contributed by atoms with E-state index in [1.807, 2.05) is 0 Å². The van der Waals surface area contributed by atoms with Gasteiger partial charge in [0, 0.05) is 28.4 Å². The van der Waals surface area contributed by atoms with Crippen LogP contribution in [-0.2, 0) is 14.9 Å². The molecule has 24 heavy (non-hydrogen) atoms. The summed E-state index contributed by atoms with van der Waals surface area (Å²) in [6, 6.07) is 16.0. The second-order valence-corrected chi connectivity index (χ2v) is 5.17. The summed E-state index contributed by atoms with van der Waals surface area (Å²) in [7, 11) is 6.50. The average molecular weight is 342 g/mol. The Morgan fingerprint density at radius 1 is 0.625 bits per heavy atom. The SMILES string of the molecule is CC(c1ccccc1)(c1ccccc1)C(F)(F)F.COC.COC. The monoisotopic (exact) mass is 342 g/mol. The van der Waals surface area contributed by atoms with Gasteiger partial charge in [0.05, 0.1) is 0 Å². The summed E-state index contributed by atoms with van der Waals surface area (Å²) in [5.41, 5.74) is -1.47. The van der Waals surface area contributed by atoms with E-state index in [0.29, 0.717) is 0 Å². The van der Waals surface area contributed by atoms with E-state index in [-0.39, 0.29) is 11.1 Å². The third kappa shape index (κ3) is 5.98. The molecule has 0 saturated heterocycles. The lowest BCUT2D eigenvalue weighted by molar-refractivity contribution is -0.173. The normalized spacial score (nSPS) is 10.8. The van der Waals surface area contributed by atoms with Gasteiger partial charge in [-0.2, -0.15) is 13.2 Å². The molecule has 0 aromatic heterocycles. The van der Waals surface area contributed by atoms with Gasteiger partial charge in [-0.1, -0.05) is 60.7 Å². The van der Waals surface area contributed by atoms with Gasteiger partial charge in [-0.05, 0) is 18.1 Å². The van der Waals surface area contributed by atoms with E-state index in [1.54, 1.807) is 64.8 Å². The summed E-state index contributed by atoms with van der Waals surface area (Å²) in [5.74, 6) is 0. The predicted octanol–water partition coefficient (Wildman–Crippen LogP) is 5.08. The molecule has 0 aliphatic rings. The molecule has 0 radical (unpaired) electrons. The quantitative estimate of drug-likeness (QED) is 0.758. The predicted molar refractivity (Wildman–Crippen MR) is 91.3 cm³/mol. The molecule has 0 amide bonds. The van der Waals surface area contributed by atoms with Crippen molar-refractivity contribution in [2.45, 2.75) is 18.5 Å². The lowest BCUT2D eigenvalue weighted by Crippen LogP contribution is -2.40. The molecular weight excluding hydrogens is 317 g/mol. The maximum absolute atomic E-state index is 13.5. The van der Waals surface area contributed by atoms with E-state index in [0.717, 1.165) is 0 Å². The van der Waals surface area contributed by atoms with E-state index in [4.69, 9.17) is 0 Å². The van der Waals surface area contributed by atoms with Crippen molar-refractivity contribution >= 4 is 0 Å². The van der Waals surface area contributed by atoms with Gasteiger partial charge in [-0.3, -0.25) is 0 Å². The Morgan fingerprint density at radius 3 is 1.08 bits per heavy atom. The van der Waals surface area contributed by atoms with E-state index < -0.39 is 11.6 Å². The molecular formula is C19H25F3O2. The lowest BCUT2D eigenvalue weighted by atomic mass is 9.75. The van der Waals surface area contributed by atoms with Gasteiger partial charge in [-0.25, -0.2) is 0 Å². The average Bonchev–Trinajstić information content (AvgIpc) is 2.56. The van der Waals surface area contributed by atoms with Crippen molar-refractivity contribution in [2.75, 3.05) is 28.4 Å². The molecule has 2 rings (SSSR count). The van der Waals surface area contributed by atoms with Crippen LogP contribution in [0.25, 0.3) is 0 Å². The van der Waals surface area contributed by atoms with E-state index >= 15 is 0 Å². The fourth-order valence-corrected chi connectivity index (χ4v) is 2.04. The molecule has 0 saturated carbocycles. The minimum Gasteiger partial charge on any atom is -0.388 e. The molecule has 2 nitrogen and oxygen atoms in total. The molecule has 0 N–H and O–H groups in total. The van der Waals surface area contributed by atoms with E-state index in [9.17, 15) is 13.2 Å². The fraction of sp³-hybridized carbons (Fsp3) is 0.368. The van der Waals surface area contributed by atoms with Crippen molar-refractivity contribution in [1.29, 1.82) is 0 Å². The number of alkyl halides is 3. The number of hydrogen-bond donors (Lipinski definition) is 0. The van der Waals surface area contributed by atoms with Crippen molar-refractivity contribution in [1.82, 2.24) is 0 Å². The zero-order valence-electron chi connectivity index (χ0n) is 14.7. The van der Waals surface area contributed by atoms with Gasteiger partial charge in [0.1, 0.15) is 5.41 Å². The highest BCUT2D eigenvalue weighted by Gasteiger charge is 2.53. The first-order valence-electron chi connectivity index (χ1n) is 7.27. The van der Waals surface area contributed by atoms with E-state index in [2.05, 4.69) is 9.47 Å². The Labute approximate surface area is 142 Å². The topological polar surface area (TPSA) is 18.5 Å². The maximum atomic E-state index is 13.5. The van der Waals surface area contributed by atoms with Gasteiger partial charge in [-0.15, -0.1) is 0 Å². The van der Waals surface area contributed by atoms with Crippen LogP contribution in [0.2, 0.25) is 0 Å². The van der Waals surface area contributed by atoms with Crippen molar-refractivity contribution in [2.24, 2.45) is 0 Å². The lowest BCUT2D eigenvalue weighted by Gasteiger charge is -2.33. The first-order valence-corrected chi connectivity index (χ1v) is 7.27. The van der Waals surface area contributed by atoms with Crippen LogP contribution in [0, 0.1) is 0 Å². The minimum atomic E-state index is -4.34. The van der Waals surface area contributed by atoms with Crippen LogP contribution in [-0.4, -0.2) is 34.6 Å². The van der Waals surface area contributed by atoms with Gasteiger partial charge < -0.3 is 9.47 Å². The van der Waals surface area contributed by atoms with Crippen LogP contribution < -0.4 is 0 Å². The van der Waals surface area contributed by atoms with Crippen molar-refractivity contribution in [3.05, 3.63) is 71.8 Å². The molecule has 5 heteroatoms. The largest absolute Gasteiger partial charge is 0.402 e. The molecule has 0 aliphatic heterocycles. The number of hydrogen-bond acceptors (Lipinski definition) is 2. The fourth-order valence-electron chi connectivity index (χ4n) is 2.04. The number of rotatable bonds is 2. The summed E-state index contributed by atoms with van der Waals surface area (Å²) in [6.45, 7) is 1.22. The Hall–Kier alpha value is -1.85. The molecule has 2 aromatic carbocycles. The van der Waals surface area contributed by atoms with Crippen LogP contribution in [0.5, 0.6) is 0 Å². The zero-order valence-corrected chi connectivity index (χ0v) is 14.7. The van der Waals surface area contributed by atoms with Crippen LogP contribution >= 0.6 is 0 Å². The Kier molecular flexibility index (Phi) is 10.0. The second kappa shape index (κ2) is 10.8. The summed E-state index contributed by atoms with van der Waals surface area (Å²) >= 11 is 0. The standard InChI is InChI=1S/C15H13F3.2C2H6O/c1-14(15(16,17)18,12-8-4-2-5-9-12)13-10-6-3-7-11-13;2*1-3-2/h2-11H,1H3;2*1-2H3. The molecule has 2 aromatic rings. The molecule has 134 valence electrons. The van der Waals surface area contributed by atoms with Crippen LogP contribution in [0.1, 0.15) is 18.1 Å². The smallest absolute Gasteiger partial charge is 0.388 e. The van der Waals surface area contributed by atoms with Gasteiger partial charge in [0.25, 0.3) is 0 Å². The Bertz CT molecular complexity index is 498. The van der Waals surface area contributed by atoms with Crippen LogP contribution in [0.3, 0.4) is 0 Å². The highest BCUT2D eigenvalue weighted by atomic mass is 19.4. The number of benzene rings is 2. The third-order valence-electron chi connectivity index (χ3n) is 3.27. The highest BCUT2D eigenvalue weighted by Crippen LogP contribution is 2.45. The molecule has 0 bridgehead atoms. The van der Waals surface area contributed by atoms with E-state index in [1.165, 1.54) is 31.2 Å². The molecule has 0 heterocycles. The highest BCUT2D eigenvalue weighted by molar-refractivity contribution is 5.40. The Morgan fingerprint density at radius 2 is 0.875 bits per heavy atom. The molecule has 0 aliphatic carbocycles. The van der Waals surface area contributed by atoms with Crippen LogP contribution in [0.15, 0.2) is 60.7 Å². The van der Waals surface area contributed by atoms with Crippen LogP contribution in [0.4, 0.5) is 13.2 Å². The van der Waals surface area contributed by atoms with Gasteiger partial charge in [0.2, 0.25) is 0 Å². The van der Waals surface area contributed by atoms with Gasteiger partial charge >= 0.3 is 6.18 Å². The second-order valence-electron chi connectivity index (χ2n) is 5.17.